The van der Waals surface area contributed by atoms with E-state index in [-0.39, 0.29) is 12.5 Å². The number of hydrogen-bond donors (Lipinski definition) is 1. The average Bonchev–Trinajstić information content (AvgIpc) is 3.10. The number of rotatable bonds is 6. The lowest BCUT2D eigenvalue weighted by atomic mass is 9.89. The highest BCUT2D eigenvalue weighted by atomic mass is 16.5. The molecular formula is C18H23N3O3. The van der Waals surface area contributed by atoms with Gasteiger partial charge < -0.3 is 14.6 Å². The van der Waals surface area contributed by atoms with E-state index in [1.54, 1.807) is 24.3 Å². The number of nitrogens with one attached hydrogen (secondary N) is 1. The van der Waals surface area contributed by atoms with E-state index >= 15 is 0 Å². The van der Waals surface area contributed by atoms with Gasteiger partial charge in [0.2, 0.25) is 5.89 Å². The van der Waals surface area contributed by atoms with Crippen molar-refractivity contribution >= 4 is 5.91 Å². The summed E-state index contributed by atoms with van der Waals surface area (Å²) in [6.07, 6.45) is 5.95. The summed E-state index contributed by atoms with van der Waals surface area (Å²) < 4.78 is 10.7. The maximum Gasteiger partial charge on any atom is 0.251 e. The summed E-state index contributed by atoms with van der Waals surface area (Å²) in [5, 5.41) is 6.79. The molecule has 1 amide bonds. The van der Waals surface area contributed by atoms with Gasteiger partial charge in [0.1, 0.15) is 5.75 Å². The van der Waals surface area contributed by atoms with Crippen LogP contribution in [0.25, 0.3) is 0 Å². The predicted molar refractivity (Wildman–Crippen MR) is 88.9 cm³/mol. The Morgan fingerprint density at radius 1 is 1.25 bits per heavy atom. The van der Waals surface area contributed by atoms with Crippen LogP contribution >= 0.6 is 0 Å². The standard InChI is InChI=1S/C18H23N3O3/c1-2-23-15-10-8-13(9-11-15)17(22)19-12-16-20-18(24-21-16)14-6-4-3-5-7-14/h8-11,14H,2-7,12H2,1H3,(H,19,22). The molecule has 6 nitrogen and oxygen atoms in total. The lowest BCUT2D eigenvalue weighted by Crippen LogP contribution is -2.23. The maximum absolute atomic E-state index is 12.2. The van der Waals surface area contributed by atoms with Gasteiger partial charge in [-0.25, -0.2) is 0 Å². The maximum atomic E-state index is 12.2. The van der Waals surface area contributed by atoms with Crippen LogP contribution in [-0.2, 0) is 6.54 Å². The van der Waals surface area contributed by atoms with Crippen LogP contribution in [-0.4, -0.2) is 22.7 Å². The fourth-order valence-electron chi connectivity index (χ4n) is 2.99. The molecule has 1 aromatic carbocycles. The Morgan fingerprint density at radius 3 is 2.71 bits per heavy atom. The first kappa shape index (κ1) is 16.5. The van der Waals surface area contributed by atoms with Gasteiger partial charge in [-0.2, -0.15) is 4.98 Å². The Labute approximate surface area is 141 Å². The second-order valence-corrected chi connectivity index (χ2v) is 6.02. The third-order valence-corrected chi connectivity index (χ3v) is 4.27. The molecule has 0 unspecified atom stereocenters. The molecule has 1 fully saturated rings. The smallest absolute Gasteiger partial charge is 0.251 e. The number of benzene rings is 1. The number of nitrogens with zero attached hydrogens (tertiary/aromatic N) is 2. The first-order chi connectivity index (χ1) is 11.8. The van der Waals surface area contributed by atoms with Gasteiger partial charge in [0, 0.05) is 11.5 Å². The highest BCUT2D eigenvalue weighted by Gasteiger charge is 2.21. The molecule has 0 bridgehead atoms. The molecule has 1 N–H and O–H groups in total. The van der Waals surface area contributed by atoms with Gasteiger partial charge in [0.25, 0.3) is 5.91 Å². The van der Waals surface area contributed by atoms with Gasteiger partial charge >= 0.3 is 0 Å². The summed E-state index contributed by atoms with van der Waals surface area (Å²) in [7, 11) is 0. The van der Waals surface area contributed by atoms with Crippen molar-refractivity contribution in [1.82, 2.24) is 15.5 Å². The summed E-state index contributed by atoms with van der Waals surface area (Å²) >= 11 is 0. The molecule has 2 aromatic rings. The fourth-order valence-corrected chi connectivity index (χ4v) is 2.99. The lowest BCUT2D eigenvalue weighted by Gasteiger charge is -2.17. The SMILES string of the molecule is CCOc1ccc(C(=O)NCc2noc(C3CCCCC3)n2)cc1. The van der Waals surface area contributed by atoms with Gasteiger partial charge in [-0.05, 0) is 44.0 Å². The highest BCUT2D eigenvalue weighted by molar-refractivity contribution is 5.94. The molecule has 0 aliphatic heterocycles. The minimum absolute atomic E-state index is 0.165. The lowest BCUT2D eigenvalue weighted by molar-refractivity contribution is 0.0949. The molecule has 128 valence electrons. The molecule has 3 rings (SSSR count). The van der Waals surface area contributed by atoms with Crippen LogP contribution in [0.5, 0.6) is 5.75 Å². The molecule has 1 saturated carbocycles. The molecule has 1 aliphatic carbocycles. The summed E-state index contributed by atoms with van der Waals surface area (Å²) in [5.74, 6) is 2.20. The first-order valence-corrected chi connectivity index (χ1v) is 8.60. The Balaban J connectivity index is 1.53. The molecule has 1 heterocycles. The minimum Gasteiger partial charge on any atom is -0.494 e. The molecule has 0 spiro atoms. The number of ether oxygens (including phenoxy) is 1. The quantitative estimate of drug-likeness (QED) is 0.878. The van der Waals surface area contributed by atoms with Crippen molar-refractivity contribution in [3.63, 3.8) is 0 Å². The third kappa shape index (κ3) is 4.13. The van der Waals surface area contributed by atoms with E-state index in [2.05, 4.69) is 15.5 Å². The van der Waals surface area contributed by atoms with E-state index in [1.807, 2.05) is 6.92 Å². The van der Waals surface area contributed by atoms with Crippen molar-refractivity contribution in [3.05, 3.63) is 41.5 Å². The number of hydrogen-bond acceptors (Lipinski definition) is 5. The molecular weight excluding hydrogens is 306 g/mol. The Bertz CT molecular complexity index is 660. The molecule has 0 saturated heterocycles. The average molecular weight is 329 g/mol. The minimum atomic E-state index is -0.165. The largest absolute Gasteiger partial charge is 0.494 e. The normalized spacial score (nSPS) is 15.2. The molecule has 1 aliphatic rings. The highest BCUT2D eigenvalue weighted by Crippen LogP contribution is 2.31. The van der Waals surface area contributed by atoms with Crippen molar-refractivity contribution in [2.24, 2.45) is 0 Å². The fraction of sp³-hybridized carbons (Fsp3) is 0.500. The van der Waals surface area contributed by atoms with Crippen molar-refractivity contribution in [3.8, 4) is 5.75 Å². The Kier molecular flexibility index (Phi) is 5.46. The second-order valence-electron chi connectivity index (χ2n) is 6.02. The van der Waals surface area contributed by atoms with Gasteiger partial charge in [-0.1, -0.05) is 24.4 Å². The van der Waals surface area contributed by atoms with E-state index in [0.29, 0.717) is 29.8 Å². The van der Waals surface area contributed by atoms with E-state index in [9.17, 15) is 4.79 Å². The Hall–Kier alpha value is -2.37. The van der Waals surface area contributed by atoms with Crippen molar-refractivity contribution in [2.75, 3.05) is 6.61 Å². The van der Waals surface area contributed by atoms with Crippen LogP contribution in [0.3, 0.4) is 0 Å². The first-order valence-electron chi connectivity index (χ1n) is 8.60. The topological polar surface area (TPSA) is 77.2 Å². The molecule has 24 heavy (non-hydrogen) atoms. The zero-order chi connectivity index (χ0) is 16.8. The predicted octanol–water partition coefficient (Wildman–Crippen LogP) is 3.45. The van der Waals surface area contributed by atoms with E-state index < -0.39 is 0 Å². The van der Waals surface area contributed by atoms with Gasteiger partial charge in [0.05, 0.1) is 13.2 Å². The third-order valence-electron chi connectivity index (χ3n) is 4.27. The van der Waals surface area contributed by atoms with Crippen LogP contribution in [0.1, 0.15) is 67.0 Å². The zero-order valence-electron chi connectivity index (χ0n) is 14.0. The molecule has 0 atom stereocenters. The monoisotopic (exact) mass is 329 g/mol. The van der Waals surface area contributed by atoms with Gasteiger partial charge in [-0.15, -0.1) is 0 Å². The number of aromatic nitrogens is 2. The summed E-state index contributed by atoms with van der Waals surface area (Å²) in [6.45, 7) is 2.79. The number of carbonyl (C=O) groups excluding carboxylic acids is 1. The van der Waals surface area contributed by atoms with Crippen molar-refractivity contribution in [2.45, 2.75) is 51.5 Å². The van der Waals surface area contributed by atoms with Crippen LogP contribution in [0.15, 0.2) is 28.8 Å². The van der Waals surface area contributed by atoms with Crippen LogP contribution in [0, 0.1) is 0 Å². The van der Waals surface area contributed by atoms with Crippen molar-refractivity contribution < 1.29 is 14.1 Å². The van der Waals surface area contributed by atoms with E-state index in [4.69, 9.17) is 9.26 Å². The summed E-state index contributed by atoms with van der Waals surface area (Å²) in [6, 6.07) is 7.05. The van der Waals surface area contributed by atoms with E-state index in [1.165, 1.54) is 19.3 Å². The van der Waals surface area contributed by atoms with Crippen LogP contribution < -0.4 is 10.1 Å². The summed E-state index contributed by atoms with van der Waals surface area (Å²) in [4.78, 5) is 16.6. The molecule has 6 heteroatoms. The summed E-state index contributed by atoms with van der Waals surface area (Å²) in [5.41, 5.74) is 0.578. The molecule has 0 radical (unpaired) electrons. The second kappa shape index (κ2) is 7.95. The van der Waals surface area contributed by atoms with Crippen molar-refractivity contribution in [1.29, 1.82) is 0 Å². The number of amides is 1. The van der Waals surface area contributed by atoms with Gasteiger partial charge in [-0.3, -0.25) is 4.79 Å². The van der Waals surface area contributed by atoms with Crippen LogP contribution in [0.4, 0.5) is 0 Å². The van der Waals surface area contributed by atoms with E-state index in [0.717, 1.165) is 18.6 Å². The Morgan fingerprint density at radius 2 is 2.00 bits per heavy atom. The molecule has 1 aromatic heterocycles. The zero-order valence-corrected chi connectivity index (χ0v) is 14.0. The van der Waals surface area contributed by atoms with Crippen LogP contribution in [0.2, 0.25) is 0 Å². The number of carbonyl (C=O) groups is 1. The van der Waals surface area contributed by atoms with Gasteiger partial charge in [0.15, 0.2) is 5.82 Å².